The van der Waals surface area contributed by atoms with E-state index in [1.54, 1.807) is 0 Å². The molecule has 9 aromatic carbocycles. The fourth-order valence-electron chi connectivity index (χ4n) is 11.3. The molecule has 2 heterocycles. The van der Waals surface area contributed by atoms with Gasteiger partial charge in [0, 0.05) is 70.0 Å². The highest BCUT2D eigenvalue weighted by Gasteiger charge is 2.38. The van der Waals surface area contributed by atoms with Crippen molar-refractivity contribution in [1.82, 2.24) is 4.57 Å². The normalized spacial score (nSPS) is 14.0. The molecule has 0 aliphatic heterocycles. The van der Waals surface area contributed by atoms with Crippen LogP contribution in [0.2, 0.25) is 0 Å². The lowest BCUT2D eigenvalue weighted by Crippen LogP contribution is -2.15. The quantitative estimate of drug-likeness (QED) is 0.160. The topological polar surface area (TPSA) is 8.17 Å². The summed E-state index contributed by atoms with van der Waals surface area (Å²) >= 11 is 1.86. The molecule has 0 N–H and O–H groups in total. The molecular formula is C62H44N2S. The van der Waals surface area contributed by atoms with Gasteiger partial charge < -0.3 is 9.47 Å². The third kappa shape index (κ3) is 5.54. The number of fused-ring (bicyclic) bond motifs is 13. The fourth-order valence-corrected chi connectivity index (χ4v) is 12.4. The van der Waals surface area contributed by atoms with Crippen LogP contribution in [-0.2, 0) is 10.8 Å². The Morgan fingerprint density at radius 3 is 1.88 bits per heavy atom. The van der Waals surface area contributed by atoms with Gasteiger partial charge in [-0.25, -0.2) is 0 Å². The van der Waals surface area contributed by atoms with Crippen molar-refractivity contribution in [2.45, 2.75) is 38.5 Å². The number of nitrogens with zero attached hydrogens (tertiary/aromatic N) is 2. The van der Waals surface area contributed by atoms with E-state index in [1.807, 2.05) is 17.4 Å². The van der Waals surface area contributed by atoms with Gasteiger partial charge in [0.1, 0.15) is 0 Å². The second-order valence-electron chi connectivity index (χ2n) is 18.7. The largest absolute Gasteiger partial charge is 0.310 e. The molecule has 0 radical (unpaired) electrons. The van der Waals surface area contributed by atoms with Gasteiger partial charge in [-0.1, -0.05) is 155 Å². The van der Waals surface area contributed by atoms with Gasteiger partial charge in [0.2, 0.25) is 0 Å². The predicted molar refractivity (Wildman–Crippen MR) is 276 cm³/mol. The number of hydrogen-bond donors (Lipinski definition) is 0. The lowest BCUT2D eigenvalue weighted by atomic mass is 9.82. The standard InChI is InChI=1S/C62H44N2S/c1-61(2)50-22-12-8-18-44(50)48-36-41(30-32-52(48)61)63(42-31-35-58-49(37-42)45-19-11-15-25-57(45)65-58)43-29-28-40(27-26-39-16-6-5-7-17-39)56(38-43)64-54-24-14-10-21-47(54)60-55(64)34-33-53-59(60)46-20-9-13-23-51(46)62(53,3)4/h5-25,28-38H,1-4H3. The molecule has 0 saturated heterocycles. The lowest BCUT2D eigenvalue weighted by Gasteiger charge is -2.28. The molecule has 0 amide bonds. The highest BCUT2D eigenvalue weighted by atomic mass is 32.1. The van der Waals surface area contributed by atoms with E-state index in [0.717, 1.165) is 39.4 Å². The van der Waals surface area contributed by atoms with Crippen LogP contribution in [0, 0.1) is 11.8 Å². The highest BCUT2D eigenvalue weighted by Crippen LogP contribution is 2.54. The molecule has 2 aliphatic rings. The molecule has 13 rings (SSSR count). The summed E-state index contributed by atoms with van der Waals surface area (Å²) in [6.45, 7) is 9.44. The Labute approximate surface area is 383 Å². The summed E-state index contributed by atoms with van der Waals surface area (Å²) in [6, 6.07) is 71.7. The van der Waals surface area contributed by atoms with Crippen LogP contribution in [-0.4, -0.2) is 4.57 Å². The van der Waals surface area contributed by atoms with E-state index in [4.69, 9.17) is 0 Å². The van der Waals surface area contributed by atoms with Crippen molar-refractivity contribution in [2.75, 3.05) is 4.90 Å². The maximum absolute atomic E-state index is 3.68. The van der Waals surface area contributed by atoms with Gasteiger partial charge in [-0.05, 0) is 123 Å². The number of hydrogen-bond acceptors (Lipinski definition) is 2. The van der Waals surface area contributed by atoms with E-state index in [-0.39, 0.29) is 10.8 Å². The number of benzene rings is 9. The summed E-state index contributed by atoms with van der Waals surface area (Å²) < 4.78 is 5.07. The Morgan fingerprint density at radius 2 is 1.03 bits per heavy atom. The van der Waals surface area contributed by atoms with Gasteiger partial charge >= 0.3 is 0 Å². The molecule has 0 fully saturated rings. The molecule has 2 aromatic heterocycles. The predicted octanol–water partition coefficient (Wildman–Crippen LogP) is 16.6. The van der Waals surface area contributed by atoms with Crippen molar-refractivity contribution in [2.24, 2.45) is 0 Å². The molecule has 0 atom stereocenters. The fraction of sp³-hybridized carbons (Fsp3) is 0.0968. The SMILES string of the molecule is CC1(C)c2ccccc2-c2cc(N(c3ccc(C#Cc4ccccc4)c(-n4c5ccccc5c5c6c(ccc54)C(C)(C)c4ccccc4-6)c3)c3ccc4sc5ccccc5c4c3)ccc21. The van der Waals surface area contributed by atoms with Crippen molar-refractivity contribution >= 4 is 70.4 Å². The smallest absolute Gasteiger partial charge is 0.0639 e. The third-order valence-corrected chi connectivity index (χ3v) is 15.6. The van der Waals surface area contributed by atoms with Crippen LogP contribution in [0.5, 0.6) is 0 Å². The Balaban J connectivity index is 1.10. The molecule has 0 saturated carbocycles. The summed E-state index contributed by atoms with van der Waals surface area (Å²) in [6.07, 6.45) is 0. The molecule has 0 bridgehead atoms. The van der Waals surface area contributed by atoms with Gasteiger partial charge in [-0.3, -0.25) is 0 Å². The van der Waals surface area contributed by atoms with Crippen molar-refractivity contribution in [3.63, 3.8) is 0 Å². The van der Waals surface area contributed by atoms with Gasteiger partial charge in [-0.15, -0.1) is 11.3 Å². The number of anilines is 3. The zero-order valence-corrected chi connectivity index (χ0v) is 37.6. The molecule has 308 valence electrons. The Morgan fingerprint density at radius 1 is 0.431 bits per heavy atom. The molecule has 65 heavy (non-hydrogen) atoms. The van der Waals surface area contributed by atoms with Crippen LogP contribution in [0.4, 0.5) is 17.1 Å². The average molecular weight is 849 g/mol. The first-order valence-corrected chi connectivity index (χ1v) is 23.4. The van der Waals surface area contributed by atoms with E-state index in [1.165, 1.54) is 81.0 Å². The summed E-state index contributed by atoms with van der Waals surface area (Å²) in [5.74, 6) is 7.22. The number of aromatic nitrogens is 1. The van der Waals surface area contributed by atoms with Crippen molar-refractivity contribution in [3.8, 4) is 39.8 Å². The zero-order chi connectivity index (χ0) is 43.6. The molecule has 0 spiro atoms. The van der Waals surface area contributed by atoms with Gasteiger partial charge in [-0.2, -0.15) is 0 Å². The molecule has 2 nitrogen and oxygen atoms in total. The van der Waals surface area contributed by atoms with Crippen molar-refractivity contribution in [1.29, 1.82) is 0 Å². The first kappa shape index (κ1) is 37.9. The number of para-hydroxylation sites is 1. The van der Waals surface area contributed by atoms with Crippen molar-refractivity contribution in [3.05, 3.63) is 228 Å². The molecular weight excluding hydrogens is 805 g/mol. The van der Waals surface area contributed by atoms with Crippen LogP contribution in [0.25, 0.3) is 69.9 Å². The Hall–Kier alpha value is -7.64. The molecule has 2 aliphatic carbocycles. The minimum Gasteiger partial charge on any atom is -0.310 e. The van der Waals surface area contributed by atoms with E-state index < -0.39 is 0 Å². The Bertz CT molecular complexity index is 3850. The zero-order valence-electron chi connectivity index (χ0n) is 36.8. The lowest BCUT2D eigenvalue weighted by molar-refractivity contribution is 0.660. The molecule has 3 heteroatoms. The van der Waals surface area contributed by atoms with E-state index >= 15 is 0 Å². The minimum absolute atomic E-state index is 0.0948. The first-order chi connectivity index (χ1) is 31.8. The summed E-state index contributed by atoms with van der Waals surface area (Å²) in [5, 5.41) is 5.08. The van der Waals surface area contributed by atoms with Crippen molar-refractivity contribution < 1.29 is 0 Å². The van der Waals surface area contributed by atoms with Crippen LogP contribution in [0.3, 0.4) is 0 Å². The average Bonchev–Trinajstić information content (AvgIpc) is 4.02. The summed E-state index contributed by atoms with van der Waals surface area (Å²) in [7, 11) is 0. The van der Waals surface area contributed by atoms with Gasteiger partial charge in [0.15, 0.2) is 0 Å². The van der Waals surface area contributed by atoms with E-state index in [0.29, 0.717) is 0 Å². The Kier molecular flexibility index (Phi) is 8.12. The second-order valence-corrected chi connectivity index (χ2v) is 19.8. The highest BCUT2D eigenvalue weighted by molar-refractivity contribution is 7.25. The molecule has 0 unspecified atom stereocenters. The maximum Gasteiger partial charge on any atom is 0.0639 e. The van der Waals surface area contributed by atoms with Gasteiger partial charge in [0.05, 0.1) is 16.7 Å². The number of thiophene rings is 1. The third-order valence-electron chi connectivity index (χ3n) is 14.4. The van der Waals surface area contributed by atoms with Crippen LogP contribution < -0.4 is 4.90 Å². The summed E-state index contributed by atoms with van der Waals surface area (Å²) in [4.78, 5) is 2.46. The summed E-state index contributed by atoms with van der Waals surface area (Å²) in [5.41, 5.74) is 19.1. The maximum atomic E-state index is 3.68. The minimum atomic E-state index is -0.115. The van der Waals surface area contributed by atoms with Gasteiger partial charge in [0.25, 0.3) is 0 Å². The first-order valence-electron chi connectivity index (χ1n) is 22.6. The number of rotatable bonds is 4. The second kappa shape index (κ2) is 13.9. The van der Waals surface area contributed by atoms with E-state index in [9.17, 15) is 0 Å². The van der Waals surface area contributed by atoms with Crippen LogP contribution >= 0.6 is 11.3 Å². The van der Waals surface area contributed by atoms with Crippen LogP contribution in [0.15, 0.2) is 194 Å². The van der Waals surface area contributed by atoms with Crippen LogP contribution in [0.1, 0.15) is 61.1 Å². The molecule has 11 aromatic rings. The van der Waals surface area contributed by atoms with E-state index in [2.05, 4.69) is 237 Å². The monoisotopic (exact) mass is 848 g/mol.